The predicted molar refractivity (Wildman–Crippen MR) is 196 cm³/mol. The molecule has 258 valence electrons. The van der Waals surface area contributed by atoms with E-state index in [9.17, 15) is 9.59 Å². The largest absolute Gasteiger partial charge is 0.494 e. The molecule has 2 saturated heterocycles. The van der Waals surface area contributed by atoms with Gasteiger partial charge in [0.2, 0.25) is 5.91 Å². The summed E-state index contributed by atoms with van der Waals surface area (Å²) < 4.78 is 5.61. The van der Waals surface area contributed by atoms with Crippen LogP contribution >= 0.6 is 0 Å². The van der Waals surface area contributed by atoms with Crippen molar-refractivity contribution in [2.45, 2.75) is 70.5 Å². The number of benzene rings is 3. The molecule has 3 aromatic carbocycles. The van der Waals surface area contributed by atoms with Gasteiger partial charge in [0.25, 0.3) is 5.91 Å². The first-order chi connectivity index (χ1) is 24.0. The monoisotopic (exact) mass is 662 g/mol. The van der Waals surface area contributed by atoms with Gasteiger partial charge in [-0.3, -0.25) is 19.5 Å². The number of ether oxygens (including phenoxy) is 1. The van der Waals surface area contributed by atoms with Crippen molar-refractivity contribution in [1.82, 2.24) is 25.4 Å². The van der Waals surface area contributed by atoms with Crippen LogP contribution in [0, 0.1) is 0 Å². The summed E-state index contributed by atoms with van der Waals surface area (Å²) in [5.74, 6) is 0.611. The number of hydrogen-bond donors (Lipinski definition) is 3. The van der Waals surface area contributed by atoms with Crippen LogP contribution in [-0.4, -0.2) is 78.5 Å². The molecule has 2 aliphatic heterocycles. The number of anilines is 2. The molecule has 0 spiro atoms. The first-order valence-corrected chi connectivity index (χ1v) is 17.9. The van der Waals surface area contributed by atoms with E-state index in [0.29, 0.717) is 11.3 Å². The molecule has 4 aromatic rings. The molecule has 0 saturated carbocycles. The predicted octanol–water partition coefficient (Wildman–Crippen LogP) is 6.30. The summed E-state index contributed by atoms with van der Waals surface area (Å²) in [6.07, 6.45) is 8.22. The maximum absolute atomic E-state index is 13.4. The molecule has 3 N–H and O–H groups in total. The molecule has 49 heavy (non-hydrogen) atoms. The lowest BCUT2D eigenvalue weighted by atomic mass is 10.0. The van der Waals surface area contributed by atoms with Crippen LogP contribution in [0.4, 0.5) is 11.4 Å². The minimum atomic E-state index is -0.0408. The normalized spacial score (nSPS) is 16.4. The number of piperidine rings is 2. The van der Waals surface area contributed by atoms with E-state index < -0.39 is 0 Å². The summed E-state index contributed by atoms with van der Waals surface area (Å²) in [5, 5.41) is 10.9. The summed E-state index contributed by atoms with van der Waals surface area (Å²) >= 11 is 0. The van der Waals surface area contributed by atoms with E-state index in [1.807, 2.05) is 48.5 Å². The van der Waals surface area contributed by atoms with E-state index in [1.165, 1.54) is 18.4 Å². The molecule has 2 fully saturated rings. The minimum Gasteiger partial charge on any atom is -0.494 e. The van der Waals surface area contributed by atoms with Gasteiger partial charge in [0.05, 0.1) is 19.2 Å². The highest BCUT2D eigenvalue weighted by molar-refractivity contribution is 5.99. The van der Waals surface area contributed by atoms with Crippen LogP contribution in [0.15, 0.2) is 79.0 Å². The van der Waals surface area contributed by atoms with Gasteiger partial charge >= 0.3 is 0 Å². The van der Waals surface area contributed by atoms with Gasteiger partial charge in [-0.05, 0) is 74.5 Å². The van der Waals surface area contributed by atoms with Crippen molar-refractivity contribution in [3.63, 3.8) is 0 Å². The second-order valence-corrected chi connectivity index (χ2v) is 13.4. The van der Waals surface area contributed by atoms with Crippen molar-refractivity contribution in [2.75, 3.05) is 45.2 Å². The zero-order valence-electron chi connectivity index (χ0n) is 28.9. The molecule has 0 unspecified atom stereocenters. The van der Waals surface area contributed by atoms with Crippen LogP contribution in [0.3, 0.4) is 0 Å². The standard InChI is InChI=1S/C40H50N6O3/c1-3-4-21-45-22-17-34(18-23-45)44-40(48)30-13-15-32(16-14-30)43-38-31(27-41-39-35(38)11-8-12-36(39)49-2)26-37(47)42-33-19-24-46(25-20-33)28-29-9-6-5-7-10-29/h5-16,27,33-34H,3-4,17-26,28H2,1-2H3,(H,41,43)(H,42,47)(H,44,48). The number of likely N-dealkylation sites (tertiary alicyclic amines) is 2. The van der Waals surface area contributed by atoms with Gasteiger partial charge in [0.15, 0.2) is 0 Å². The highest BCUT2D eigenvalue weighted by Gasteiger charge is 2.23. The Labute approximate surface area is 290 Å². The van der Waals surface area contributed by atoms with Crippen molar-refractivity contribution in [2.24, 2.45) is 0 Å². The molecular formula is C40H50N6O3. The third-order valence-electron chi connectivity index (χ3n) is 9.88. The molecular weight excluding hydrogens is 612 g/mol. The van der Waals surface area contributed by atoms with Crippen molar-refractivity contribution in [3.8, 4) is 5.75 Å². The summed E-state index contributed by atoms with van der Waals surface area (Å²) in [6.45, 7) is 8.28. The fourth-order valence-electron chi connectivity index (χ4n) is 7.01. The number of aromatic nitrogens is 1. The summed E-state index contributed by atoms with van der Waals surface area (Å²) in [5.41, 5.74) is 5.10. The molecule has 0 aliphatic carbocycles. The second kappa shape index (κ2) is 16.8. The van der Waals surface area contributed by atoms with Crippen LogP contribution in [0.2, 0.25) is 0 Å². The average molecular weight is 663 g/mol. The number of carbonyl (C=O) groups is 2. The molecule has 0 bridgehead atoms. The first kappa shape index (κ1) is 34.4. The minimum absolute atomic E-state index is 0.0168. The van der Waals surface area contributed by atoms with E-state index in [-0.39, 0.29) is 30.3 Å². The summed E-state index contributed by atoms with van der Waals surface area (Å²) in [6, 6.07) is 24.3. The average Bonchev–Trinajstić information content (AvgIpc) is 3.13. The number of pyridine rings is 1. The maximum Gasteiger partial charge on any atom is 0.251 e. The van der Waals surface area contributed by atoms with Crippen molar-refractivity contribution >= 4 is 34.1 Å². The third-order valence-corrected chi connectivity index (χ3v) is 9.88. The highest BCUT2D eigenvalue weighted by atomic mass is 16.5. The van der Waals surface area contributed by atoms with Crippen LogP contribution in [0.5, 0.6) is 5.75 Å². The molecule has 3 heterocycles. The lowest BCUT2D eigenvalue weighted by Crippen LogP contribution is -2.44. The quantitative estimate of drug-likeness (QED) is 0.155. The summed E-state index contributed by atoms with van der Waals surface area (Å²) in [7, 11) is 1.63. The van der Waals surface area contributed by atoms with Gasteiger partial charge < -0.3 is 25.6 Å². The molecule has 6 rings (SSSR count). The smallest absolute Gasteiger partial charge is 0.251 e. The zero-order valence-corrected chi connectivity index (χ0v) is 28.9. The number of methoxy groups -OCH3 is 1. The summed E-state index contributed by atoms with van der Waals surface area (Å²) in [4.78, 5) is 36.2. The Morgan fingerprint density at radius 2 is 1.53 bits per heavy atom. The Bertz CT molecular complexity index is 1680. The van der Waals surface area contributed by atoms with Crippen LogP contribution in [-0.2, 0) is 17.8 Å². The Balaban J connectivity index is 1.09. The Kier molecular flexibility index (Phi) is 11.8. The lowest BCUT2D eigenvalue weighted by molar-refractivity contribution is -0.121. The topological polar surface area (TPSA) is 98.8 Å². The van der Waals surface area contributed by atoms with Crippen LogP contribution in [0.25, 0.3) is 10.9 Å². The fraction of sp³-hybridized carbons (Fsp3) is 0.425. The van der Waals surface area contributed by atoms with Gasteiger partial charge in [-0.2, -0.15) is 0 Å². The Morgan fingerprint density at radius 3 is 2.22 bits per heavy atom. The lowest BCUT2D eigenvalue weighted by Gasteiger charge is -2.32. The maximum atomic E-state index is 13.4. The molecule has 1 aromatic heterocycles. The van der Waals surface area contributed by atoms with Gasteiger partial charge in [-0.1, -0.05) is 55.8 Å². The molecule has 0 atom stereocenters. The van der Waals surface area contributed by atoms with E-state index in [2.05, 4.69) is 56.9 Å². The number of carbonyl (C=O) groups excluding carboxylic acids is 2. The second-order valence-electron chi connectivity index (χ2n) is 13.4. The number of nitrogens with zero attached hydrogens (tertiary/aromatic N) is 3. The van der Waals surface area contributed by atoms with Crippen LogP contribution in [0.1, 0.15) is 66.9 Å². The molecule has 2 aliphatic rings. The van der Waals surface area contributed by atoms with Crippen LogP contribution < -0.4 is 20.7 Å². The fourth-order valence-corrected chi connectivity index (χ4v) is 7.01. The number of para-hydroxylation sites is 1. The van der Waals surface area contributed by atoms with Crippen molar-refractivity contribution in [1.29, 1.82) is 0 Å². The number of unbranched alkanes of at least 4 members (excludes halogenated alkanes) is 1. The highest BCUT2D eigenvalue weighted by Crippen LogP contribution is 2.34. The number of amides is 2. The number of nitrogens with one attached hydrogen (secondary N) is 3. The van der Waals surface area contributed by atoms with Crippen molar-refractivity contribution in [3.05, 3.63) is 95.7 Å². The molecule has 9 heteroatoms. The van der Waals surface area contributed by atoms with E-state index in [4.69, 9.17) is 9.72 Å². The third kappa shape index (κ3) is 9.16. The van der Waals surface area contributed by atoms with Gasteiger partial charge in [0.1, 0.15) is 11.3 Å². The van der Waals surface area contributed by atoms with E-state index in [1.54, 1.807) is 13.3 Å². The zero-order chi connectivity index (χ0) is 34.0. The Hall–Kier alpha value is -4.47. The Morgan fingerprint density at radius 1 is 0.837 bits per heavy atom. The number of rotatable bonds is 13. The van der Waals surface area contributed by atoms with Gasteiger partial charge in [-0.15, -0.1) is 0 Å². The molecule has 0 radical (unpaired) electrons. The number of hydrogen-bond acceptors (Lipinski definition) is 7. The first-order valence-electron chi connectivity index (χ1n) is 17.9. The molecule has 2 amide bonds. The van der Waals surface area contributed by atoms with E-state index in [0.717, 1.165) is 92.8 Å². The van der Waals surface area contributed by atoms with Gasteiger partial charge in [0, 0.05) is 73.2 Å². The SMILES string of the molecule is CCCCN1CCC(NC(=O)c2ccc(Nc3c(CC(=O)NC4CCN(Cc5ccccc5)CC4)cnc4c(OC)cccc34)cc2)CC1. The molecule has 9 nitrogen and oxygen atoms in total. The van der Waals surface area contributed by atoms with Crippen molar-refractivity contribution < 1.29 is 14.3 Å². The number of fused-ring (bicyclic) bond motifs is 1. The van der Waals surface area contributed by atoms with Gasteiger partial charge in [-0.25, -0.2) is 0 Å². The van der Waals surface area contributed by atoms with E-state index >= 15 is 0 Å².